The number of rotatable bonds is 5. The Balaban J connectivity index is 0.00000192. The third-order valence-electron chi connectivity index (χ3n) is 4.88. The van der Waals surface area contributed by atoms with E-state index in [4.69, 9.17) is 4.74 Å². The van der Waals surface area contributed by atoms with Gasteiger partial charge < -0.3 is 21.6 Å². The third kappa shape index (κ3) is 4.52. The van der Waals surface area contributed by atoms with Crippen molar-refractivity contribution in [2.45, 2.75) is 12.6 Å². The maximum atomic E-state index is 12.6. The molecule has 0 saturated carbocycles. The van der Waals surface area contributed by atoms with Crippen molar-refractivity contribution < 1.29 is 34.8 Å². The number of halogens is 4. The van der Waals surface area contributed by atoms with Crippen molar-refractivity contribution in [3.05, 3.63) is 29.8 Å². The zero-order chi connectivity index (χ0) is 15.6. The van der Waals surface area contributed by atoms with Crippen molar-refractivity contribution in [2.24, 2.45) is 0 Å². The van der Waals surface area contributed by atoms with Crippen molar-refractivity contribution in [1.82, 2.24) is 4.90 Å². The molecule has 0 amide bonds. The van der Waals surface area contributed by atoms with Crippen LogP contribution in [-0.4, -0.2) is 61.8 Å². The Hall–Kier alpha value is -0.980. The van der Waals surface area contributed by atoms with E-state index >= 15 is 0 Å². The summed E-state index contributed by atoms with van der Waals surface area (Å²) in [6.45, 7) is 8.66. The van der Waals surface area contributed by atoms with Gasteiger partial charge in [0.05, 0.1) is 38.3 Å². The maximum Gasteiger partial charge on any atom is 0.416 e. The average molecular weight is 351 g/mol. The first kappa shape index (κ1) is 18.4. The second-order valence-corrected chi connectivity index (χ2v) is 6.31. The van der Waals surface area contributed by atoms with E-state index in [1.165, 1.54) is 45.3 Å². The lowest BCUT2D eigenvalue weighted by molar-refractivity contribution is -0.941. The molecule has 3 heterocycles. The molecular weight excluding hydrogens is 329 g/mol. The molecule has 130 valence electrons. The van der Waals surface area contributed by atoms with E-state index in [9.17, 15) is 13.2 Å². The van der Waals surface area contributed by atoms with Crippen LogP contribution in [-0.2, 0) is 6.18 Å². The minimum Gasteiger partial charge on any atom is -1.00 e. The summed E-state index contributed by atoms with van der Waals surface area (Å²) < 4.78 is 44.6. The van der Waals surface area contributed by atoms with E-state index in [1.807, 2.05) is 0 Å². The van der Waals surface area contributed by atoms with Crippen LogP contribution in [0.5, 0.6) is 5.75 Å². The molecule has 1 aromatic carbocycles. The van der Waals surface area contributed by atoms with Gasteiger partial charge in [0, 0.05) is 26.1 Å². The smallest absolute Gasteiger partial charge is 0.416 e. The summed E-state index contributed by atoms with van der Waals surface area (Å²) >= 11 is 0. The molecule has 0 aliphatic carbocycles. The fraction of sp³-hybridized carbons (Fsp3) is 0.625. The normalized spacial score (nSPS) is 26.7. The summed E-state index contributed by atoms with van der Waals surface area (Å²) in [5.74, 6) is 0.304. The minimum absolute atomic E-state index is 0. The maximum absolute atomic E-state index is 12.6. The Bertz CT molecular complexity index is 503. The van der Waals surface area contributed by atoms with Crippen LogP contribution in [0.4, 0.5) is 13.2 Å². The van der Waals surface area contributed by atoms with Crippen molar-refractivity contribution in [3.63, 3.8) is 0 Å². The highest BCUT2D eigenvalue weighted by atomic mass is 35.5. The Morgan fingerprint density at radius 2 is 1.74 bits per heavy atom. The molecule has 0 atom stereocenters. The summed E-state index contributed by atoms with van der Waals surface area (Å²) in [6.07, 6.45) is -3.43. The first-order chi connectivity index (χ1) is 10.5. The molecule has 0 N–H and O–H groups in total. The largest absolute Gasteiger partial charge is 1.00 e. The fourth-order valence-electron chi connectivity index (χ4n) is 3.42. The lowest BCUT2D eigenvalue weighted by atomic mass is 10.1. The van der Waals surface area contributed by atoms with E-state index in [0.29, 0.717) is 12.4 Å². The predicted octanol–water partition coefficient (Wildman–Crippen LogP) is -0.376. The van der Waals surface area contributed by atoms with E-state index in [1.54, 1.807) is 6.07 Å². The number of nitrogens with zero attached hydrogens (tertiary/aromatic N) is 2. The molecule has 3 aliphatic heterocycles. The van der Waals surface area contributed by atoms with E-state index in [0.717, 1.165) is 29.6 Å². The van der Waals surface area contributed by atoms with Gasteiger partial charge in [-0.3, -0.25) is 4.90 Å². The van der Waals surface area contributed by atoms with Crippen molar-refractivity contribution in [3.8, 4) is 5.75 Å². The standard InChI is InChI=1S/C16H22F3N2O.ClH/c17-16(18,19)14-3-1-4-15(13-14)22-12-2-8-21-9-5-20(6-10-21)7-11-21;/h1,3-4,13H,2,5-12H2;1H/q+1;/p-1. The molecule has 0 spiro atoms. The van der Waals surface area contributed by atoms with Gasteiger partial charge in [0.15, 0.2) is 0 Å². The van der Waals surface area contributed by atoms with Gasteiger partial charge in [-0.05, 0) is 18.2 Å². The molecule has 0 aromatic heterocycles. The van der Waals surface area contributed by atoms with Crippen LogP contribution >= 0.6 is 0 Å². The lowest BCUT2D eigenvalue weighted by Crippen LogP contribution is -3.00. The Morgan fingerprint density at radius 1 is 1.09 bits per heavy atom. The average Bonchev–Trinajstić information content (AvgIpc) is 2.53. The molecular formula is C16H22ClF3N2O. The Kier molecular flexibility index (Phi) is 5.81. The molecule has 23 heavy (non-hydrogen) atoms. The summed E-state index contributed by atoms with van der Waals surface area (Å²) in [4.78, 5) is 2.50. The number of piperazine rings is 3. The van der Waals surface area contributed by atoms with E-state index in [2.05, 4.69) is 4.90 Å². The molecule has 2 bridgehead atoms. The Labute approximate surface area is 141 Å². The third-order valence-corrected chi connectivity index (χ3v) is 4.88. The van der Waals surface area contributed by atoms with Gasteiger partial charge >= 0.3 is 6.18 Å². The number of fused-ring (bicyclic) bond motifs is 3. The highest BCUT2D eigenvalue weighted by Gasteiger charge is 2.37. The highest BCUT2D eigenvalue weighted by molar-refractivity contribution is 5.30. The van der Waals surface area contributed by atoms with Gasteiger partial charge in [-0.2, -0.15) is 13.2 Å². The number of ether oxygens (including phenoxy) is 1. The zero-order valence-corrected chi connectivity index (χ0v) is 13.7. The molecule has 1 aromatic rings. The molecule has 4 rings (SSSR count). The lowest BCUT2D eigenvalue weighted by Gasteiger charge is -2.50. The molecule has 0 radical (unpaired) electrons. The SMILES string of the molecule is FC(F)(F)c1cccc(OCCC[N+]23CCN(CC2)CC3)c1.[Cl-]. The first-order valence-electron chi connectivity index (χ1n) is 7.84. The number of hydrogen-bond donors (Lipinski definition) is 0. The van der Waals surface area contributed by atoms with Gasteiger partial charge in [0.2, 0.25) is 0 Å². The molecule has 3 aliphatic rings. The first-order valence-corrected chi connectivity index (χ1v) is 7.84. The second kappa shape index (κ2) is 7.28. The quantitative estimate of drug-likeness (QED) is 0.530. The van der Waals surface area contributed by atoms with Crippen LogP contribution in [0.25, 0.3) is 0 Å². The molecule has 3 fully saturated rings. The van der Waals surface area contributed by atoms with Gasteiger partial charge in [0.1, 0.15) is 5.75 Å². The second-order valence-electron chi connectivity index (χ2n) is 6.31. The summed E-state index contributed by atoms with van der Waals surface area (Å²) in [5, 5.41) is 0. The van der Waals surface area contributed by atoms with Crippen molar-refractivity contribution >= 4 is 0 Å². The molecule has 3 nitrogen and oxygen atoms in total. The predicted molar refractivity (Wildman–Crippen MR) is 77.7 cm³/mol. The topological polar surface area (TPSA) is 12.5 Å². The Morgan fingerprint density at radius 3 is 2.35 bits per heavy atom. The summed E-state index contributed by atoms with van der Waals surface area (Å²) in [5.41, 5.74) is -0.654. The van der Waals surface area contributed by atoms with Gasteiger partial charge in [-0.25, -0.2) is 0 Å². The zero-order valence-electron chi connectivity index (χ0n) is 13.0. The van der Waals surface area contributed by atoms with Crippen molar-refractivity contribution in [1.29, 1.82) is 0 Å². The highest BCUT2D eigenvalue weighted by Crippen LogP contribution is 2.31. The van der Waals surface area contributed by atoms with Gasteiger partial charge in [-0.1, -0.05) is 6.07 Å². The minimum atomic E-state index is -4.31. The summed E-state index contributed by atoms with van der Waals surface area (Å²) in [6, 6.07) is 5.12. The van der Waals surface area contributed by atoms with Gasteiger partial charge in [-0.15, -0.1) is 0 Å². The van der Waals surface area contributed by atoms with Crippen LogP contribution < -0.4 is 17.1 Å². The van der Waals surface area contributed by atoms with Crippen LogP contribution in [0.15, 0.2) is 24.3 Å². The van der Waals surface area contributed by atoms with Gasteiger partial charge in [0.25, 0.3) is 0 Å². The molecule has 0 unspecified atom stereocenters. The van der Waals surface area contributed by atoms with E-state index < -0.39 is 11.7 Å². The number of hydrogen-bond acceptors (Lipinski definition) is 2. The monoisotopic (exact) mass is 350 g/mol. The number of alkyl halides is 3. The van der Waals surface area contributed by atoms with Crippen LogP contribution in [0.3, 0.4) is 0 Å². The summed E-state index contributed by atoms with van der Waals surface area (Å²) in [7, 11) is 0. The number of benzene rings is 1. The fourth-order valence-corrected chi connectivity index (χ4v) is 3.42. The molecule has 3 saturated heterocycles. The molecule has 7 heteroatoms. The van der Waals surface area contributed by atoms with Crippen molar-refractivity contribution in [2.75, 3.05) is 52.4 Å². The van der Waals surface area contributed by atoms with Crippen LogP contribution in [0.2, 0.25) is 0 Å². The van der Waals surface area contributed by atoms with Crippen LogP contribution in [0, 0.1) is 0 Å². The van der Waals surface area contributed by atoms with Crippen LogP contribution in [0.1, 0.15) is 12.0 Å². The van der Waals surface area contributed by atoms with E-state index in [-0.39, 0.29) is 12.4 Å². The number of quaternary nitrogens is 1.